The molecule has 0 aromatic heterocycles. The monoisotopic (exact) mass is 413 g/mol. The standard InChI is InChI=1S/C16H16BrNO5S/c1-3-23-16(19)12-6-4-5-7-13(12)18-24(20,21)15-10-11(17)8-9-14(15)22-2/h4-10,18H,3H2,1-2H3. The Balaban J connectivity index is 2.44. The van der Waals surface area contributed by atoms with Crippen molar-refractivity contribution in [1.82, 2.24) is 0 Å². The first kappa shape index (κ1) is 18.3. The number of sulfonamides is 1. The summed E-state index contributed by atoms with van der Waals surface area (Å²) >= 11 is 3.24. The molecule has 128 valence electrons. The lowest BCUT2D eigenvalue weighted by molar-refractivity contribution is 0.0527. The zero-order valence-corrected chi connectivity index (χ0v) is 15.5. The summed E-state index contributed by atoms with van der Waals surface area (Å²) in [6, 6.07) is 10.9. The lowest BCUT2D eigenvalue weighted by Gasteiger charge is -2.14. The molecule has 0 saturated carbocycles. The third kappa shape index (κ3) is 4.07. The second-order valence-electron chi connectivity index (χ2n) is 4.67. The van der Waals surface area contributed by atoms with Crippen molar-refractivity contribution in [2.75, 3.05) is 18.4 Å². The van der Waals surface area contributed by atoms with Gasteiger partial charge in [-0.3, -0.25) is 4.72 Å². The zero-order chi connectivity index (χ0) is 17.7. The van der Waals surface area contributed by atoms with Gasteiger partial charge in [-0.25, -0.2) is 13.2 Å². The topological polar surface area (TPSA) is 81.7 Å². The Morgan fingerprint density at radius 3 is 2.58 bits per heavy atom. The van der Waals surface area contributed by atoms with Gasteiger partial charge < -0.3 is 9.47 Å². The molecule has 0 aliphatic rings. The average molecular weight is 414 g/mol. The first-order chi connectivity index (χ1) is 11.4. The normalized spacial score (nSPS) is 11.0. The van der Waals surface area contributed by atoms with Crippen LogP contribution in [0, 0.1) is 0 Å². The lowest BCUT2D eigenvalue weighted by Crippen LogP contribution is -2.17. The van der Waals surface area contributed by atoms with Crippen molar-refractivity contribution in [1.29, 1.82) is 0 Å². The molecule has 0 radical (unpaired) electrons. The van der Waals surface area contributed by atoms with Crippen LogP contribution in [0.3, 0.4) is 0 Å². The molecule has 0 unspecified atom stereocenters. The van der Waals surface area contributed by atoms with Crippen molar-refractivity contribution in [3.05, 3.63) is 52.5 Å². The third-order valence-corrected chi connectivity index (χ3v) is 4.96. The summed E-state index contributed by atoms with van der Waals surface area (Å²) in [5.74, 6) is -0.406. The largest absolute Gasteiger partial charge is 0.495 e. The molecule has 2 rings (SSSR count). The van der Waals surface area contributed by atoms with Gasteiger partial charge in [0.05, 0.1) is 25.0 Å². The highest BCUT2D eigenvalue weighted by Gasteiger charge is 2.23. The van der Waals surface area contributed by atoms with Gasteiger partial charge >= 0.3 is 5.97 Å². The Morgan fingerprint density at radius 2 is 1.92 bits per heavy atom. The van der Waals surface area contributed by atoms with Crippen molar-refractivity contribution in [2.24, 2.45) is 0 Å². The van der Waals surface area contributed by atoms with E-state index in [1.165, 1.54) is 31.4 Å². The van der Waals surface area contributed by atoms with Crippen molar-refractivity contribution >= 4 is 37.6 Å². The first-order valence-electron chi connectivity index (χ1n) is 7.01. The minimum Gasteiger partial charge on any atom is -0.495 e. The van der Waals surface area contributed by atoms with Gasteiger partial charge in [0.25, 0.3) is 10.0 Å². The van der Waals surface area contributed by atoms with Gasteiger partial charge in [0.2, 0.25) is 0 Å². The van der Waals surface area contributed by atoms with E-state index in [4.69, 9.17) is 9.47 Å². The number of ether oxygens (including phenoxy) is 2. The summed E-state index contributed by atoms with van der Waals surface area (Å²) in [7, 11) is -2.58. The quantitative estimate of drug-likeness (QED) is 0.733. The number of halogens is 1. The highest BCUT2D eigenvalue weighted by Crippen LogP contribution is 2.29. The number of carbonyl (C=O) groups is 1. The molecule has 0 bridgehead atoms. The molecule has 8 heteroatoms. The first-order valence-corrected chi connectivity index (χ1v) is 9.29. The second-order valence-corrected chi connectivity index (χ2v) is 7.23. The minimum absolute atomic E-state index is 0.0435. The van der Waals surface area contributed by atoms with Crippen LogP contribution in [-0.2, 0) is 14.8 Å². The van der Waals surface area contributed by atoms with Crippen LogP contribution < -0.4 is 9.46 Å². The number of hydrogen-bond donors (Lipinski definition) is 1. The molecule has 0 spiro atoms. The molecule has 0 fully saturated rings. The van der Waals surface area contributed by atoms with Crippen LogP contribution >= 0.6 is 15.9 Å². The van der Waals surface area contributed by atoms with E-state index in [1.807, 2.05) is 0 Å². The van der Waals surface area contributed by atoms with Crippen LogP contribution in [0.1, 0.15) is 17.3 Å². The van der Waals surface area contributed by atoms with Crippen LogP contribution in [-0.4, -0.2) is 28.1 Å². The number of carbonyl (C=O) groups excluding carboxylic acids is 1. The number of hydrogen-bond acceptors (Lipinski definition) is 5. The molecule has 0 amide bonds. The molecular weight excluding hydrogens is 398 g/mol. The number of esters is 1. The molecule has 2 aromatic carbocycles. The molecule has 0 aliphatic heterocycles. The van der Waals surface area contributed by atoms with E-state index in [9.17, 15) is 13.2 Å². The van der Waals surface area contributed by atoms with E-state index < -0.39 is 16.0 Å². The summed E-state index contributed by atoms with van der Waals surface area (Å²) < 4.78 is 38.5. The van der Waals surface area contributed by atoms with Crippen molar-refractivity contribution in [3.8, 4) is 5.75 Å². The number of anilines is 1. The van der Waals surface area contributed by atoms with E-state index in [2.05, 4.69) is 20.7 Å². The number of methoxy groups -OCH3 is 1. The fraction of sp³-hybridized carbons (Fsp3) is 0.188. The van der Waals surface area contributed by atoms with Crippen molar-refractivity contribution in [3.63, 3.8) is 0 Å². The maximum Gasteiger partial charge on any atom is 0.340 e. The third-order valence-electron chi connectivity index (χ3n) is 3.08. The summed E-state index contributed by atoms with van der Waals surface area (Å²) in [5, 5.41) is 0. The van der Waals surface area contributed by atoms with E-state index in [-0.39, 0.29) is 28.5 Å². The Morgan fingerprint density at radius 1 is 1.21 bits per heavy atom. The molecule has 0 aliphatic carbocycles. The Labute approximate surface area is 149 Å². The van der Waals surface area contributed by atoms with Gasteiger partial charge in [-0.2, -0.15) is 0 Å². The SMILES string of the molecule is CCOC(=O)c1ccccc1NS(=O)(=O)c1cc(Br)ccc1OC. The molecule has 0 saturated heterocycles. The van der Waals surface area contributed by atoms with E-state index in [1.54, 1.807) is 25.1 Å². The smallest absolute Gasteiger partial charge is 0.340 e. The van der Waals surface area contributed by atoms with Crippen LogP contribution in [0.2, 0.25) is 0 Å². The molecule has 0 atom stereocenters. The Bertz CT molecular complexity index is 851. The second kappa shape index (κ2) is 7.67. The molecule has 2 aromatic rings. The fourth-order valence-corrected chi connectivity index (χ4v) is 3.81. The van der Waals surface area contributed by atoms with Crippen molar-refractivity contribution < 1.29 is 22.7 Å². The predicted octanol–water partition coefficient (Wildman–Crippen LogP) is 3.44. The average Bonchev–Trinajstić information content (AvgIpc) is 2.55. The highest BCUT2D eigenvalue weighted by atomic mass is 79.9. The summed E-state index contributed by atoms with van der Waals surface area (Å²) in [5.41, 5.74) is 0.273. The fourth-order valence-electron chi connectivity index (χ4n) is 2.02. The van der Waals surface area contributed by atoms with E-state index in [0.717, 1.165) is 0 Å². The molecule has 0 heterocycles. The van der Waals surface area contributed by atoms with Gasteiger partial charge in [0.15, 0.2) is 0 Å². The van der Waals surface area contributed by atoms with E-state index in [0.29, 0.717) is 4.47 Å². The number of rotatable bonds is 6. The van der Waals surface area contributed by atoms with Crippen LogP contribution in [0.4, 0.5) is 5.69 Å². The maximum absolute atomic E-state index is 12.7. The van der Waals surface area contributed by atoms with Gasteiger partial charge in [-0.15, -0.1) is 0 Å². The lowest BCUT2D eigenvalue weighted by atomic mass is 10.2. The van der Waals surface area contributed by atoms with Gasteiger partial charge in [-0.1, -0.05) is 28.1 Å². The van der Waals surface area contributed by atoms with E-state index >= 15 is 0 Å². The molecular formula is C16H16BrNO5S. The Kier molecular flexibility index (Phi) is 5.84. The van der Waals surface area contributed by atoms with Gasteiger partial charge in [-0.05, 0) is 37.3 Å². The van der Waals surface area contributed by atoms with Gasteiger partial charge in [0, 0.05) is 4.47 Å². The summed E-state index contributed by atoms with van der Waals surface area (Å²) in [6.45, 7) is 1.87. The number of nitrogens with one attached hydrogen (secondary N) is 1. The van der Waals surface area contributed by atoms with Crippen molar-refractivity contribution in [2.45, 2.75) is 11.8 Å². The minimum atomic E-state index is -3.96. The Hall–Kier alpha value is -2.06. The summed E-state index contributed by atoms with van der Waals surface area (Å²) in [4.78, 5) is 11.9. The maximum atomic E-state index is 12.7. The zero-order valence-electron chi connectivity index (χ0n) is 13.1. The van der Waals surface area contributed by atoms with Crippen LogP contribution in [0.5, 0.6) is 5.75 Å². The number of para-hydroxylation sites is 1. The van der Waals surface area contributed by atoms with Crippen LogP contribution in [0.15, 0.2) is 51.8 Å². The van der Waals surface area contributed by atoms with Crippen LogP contribution in [0.25, 0.3) is 0 Å². The highest BCUT2D eigenvalue weighted by molar-refractivity contribution is 9.10. The molecule has 24 heavy (non-hydrogen) atoms. The number of benzene rings is 2. The molecule has 1 N–H and O–H groups in total. The summed E-state index contributed by atoms with van der Waals surface area (Å²) in [6.07, 6.45) is 0. The predicted molar refractivity (Wildman–Crippen MR) is 93.9 cm³/mol. The molecule has 6 nitrogen and oxygen atoms in total. The van der Waals surface area contributed by atoms with Gasteiger partial charge in [0.1, 0.15) is 10.6 Å².